The summed E-state index contributed by atoms with van der Waals surface area (Å²) in [6.45, 7) is 8.94. The van der Waals surface area contributed by atoms with Crippen molar-refractivity contribution in [1.29, 1.82) is 0 Å². The smallest absolute Gasteiger partial charge is 0.333 e. The van der Waals surface area contributed by atoms with Crippen molar-refractivity contribution < 1.29 is 9.53 Å². The van der Waals surface area contributed by atoms with E-state index >= 15 is 0 Å². The Labute approximate surface area is 90.6 Å². The third kappa shape index (κ3) is 3.24. The largest absolute Gasteiger partial charge is 0.454 e. The number of benzene rings is 1. The van der Waals surface area contributed by atoms with E-state index in [-0.39, 0.29) is 12.1 Å². The van der Waals surface area contributed by atoms with Gasteiger partial charge in [-0.15, -0.1) is 0 Å². The highest BCUT2D eigenvalue weighted by molar-refractivity contribution is 5.87. The minimum Gasteiger partial charge on any atom is -0.454 e. The van der Waals surface area contributed by atoms with Gasteiger partial charge in [-0.25, -0.2) is 4.79 Å². The van der Waals surface area contributed by atoms with Gasteiger partial charge in [0, 0.05) is 5.57 Å². The minimum absolute atomic E-state index is 0.282. The molecule has 0 saturated heterocycles. The predicted octanol–water partition coefficient (Wildman–Crippen LogP) is 3.07. The van der Waals surface area contributed by atoms with Crippen molar-refractivity contribution in [1.82, 2.24) is 0 Å². The van der Waals surface area contributed by atoms with E-state index in [0.29, 0.717) is 12.0 Å². The number of carbonyl (C=O) groups is 1. The van der Waals surface area contributed by atoms with Crippen LogP contribution in [0.4, 0.5) is 0 Å². The molecule has 2 nitrogen and oxygen atoms in total. The molecule has 1 rings (SSSR count). The molecule has 0 aliphatic rings. The van der Waals surface area contributed by atoms with Gasteiger partial charge < -0.3 is 4.74 Å². The lowest BCUT2D eigenvalue weighted by Gasteiger charge is -2.16. The Kier molecular flexibility index (Phi) is 4.10. The van der Waals surface area contributed by atoms with E-state index in [1.54, 1.807) is 6.92 Å². The Morgan fingerprint density at radius 1 is 1.40 bits per heavy atom. The van der Waals surface area contributed by atoms with Crippen molar-refractivity contribution in [2.24, 2.45) is 0 Å². The molecule has 2 heteroatoms. The van der Waals surface area contributed by atoms with Crippen molar-refractivity contribution in [3.8, 4) is 0 Å². The van der Waals surface area contributed by atoms with Crippen molar-refractivity contribution in [3.63, 3.8) is 0 Å². The van der Waals surface area contributed by atoms with Crippen LogP contribution in [0.3, 0.4) is 0 Å². The van der Waals surface area contributed by atoms with Gasteiger partial charge in [0.25, 0.3) is 0 Å². The Bertz CT molecular complexity index is 341. The Morgan fingerprint density at radius 3 is 2.47 bits per heavy atom. The van der Waals surface area contributed by atoms with Crippen LogP contribution in [0.1, 0.15) is 25.0 Å². The first-order valence-corrected chi connectivity index (χ1v) is 4.86. The second-order valence-electron chi connectivity index (χ2n) is 3.37. The normalized spacial score (nSPS) is 11.9. The van der Waals surface area contributed by atoms with Crippen LogP contribution in [0.2, 0.25) is 0 Å². The molecule has 0 aromatic heterocycles. The number of hydrogen-bond acceptors (Lipinski definition) is 2. The SMILES string of the molecule is [CH2]CC(OC(=O)C(=C)C)c1ccccc1. The van der Waals surface area contributed by atoms with Crippen LogP contribution in [0, 0.1) is 6.92 Å². The second kappa shape index (κ2) is 5.35. The zero-order valence-corrected chi connectivity index (χ0v) is 8.90. The maximum absolute atomic E-state index is 11.3. The highest BCUT2D eigenvalue weighted by atomic mass is 16.5. The third-order valence-electron chi connectivity index (χ3n) is 2.03. The maximum atomic E-state index is 11.3. The number of rotatable bonds is 4. The molecule has 0 amide bonds. The molecule has 0 heterocycles. The average molecular weight is 203 g/mol. The molecule has 79 valence electrons. The van der Waals surface area contributed by atoms with Crippen molar-refractivity contribution in [3.05, 3.63) is 55.0 Å². The van der Waals surface area contributed by atoms with Gasteiger partial charge in [0.05, 0.1) is 0 Å². The molecule has 1 unspecified atom stereocenters. The number of carbonyl (C=O) groups excluding carboxylic acids is 1. The fourth-order valence-electron chi connectivity index (χ4n) is 1.19. The number of ether oxygens (including phenoxy) is 1. The van der Waals surface area contributed by atoms with E-state index in [4.69, 9.17) is 4.74 Å². The summed E-state index contributed by atoms with van der Waals surface area (Å²) < 4.78 is 5.25. The van der Waals surface area contributed by atoms with Crippen LogP contribution in [0.25, 0.3) is 0 Å². The van der Waals surface area contributed by atoms with Gasteiger partial charge in [-0.05, 0) is 25.8 Å². The fourth-order valence-corrected chi connectivity index (χ4v) is 1.19. The first-order valence-electron chi connectivity index (χ1n) is 4.86. The zero-order chi connectivity index (χ0) is 11.3. The van der Waals surface area contributed by atoms with Crippen LogP contribution >= 0.6 is 0 Å². The molecule has 0 spiro atoms. The standard InChI is InChI=1S/C13H15O2/c1-4-12(15-13(14)10(2)3)11-8-6-5-7-9-11/h5-9,12H,1-2,4H2,3H3. The summed E-state index contributed by atoms with van der Waals surface area (Å²) in [5.41, 5.74) is 1.37. The van der Waals surface area contributed by atoms with E-state index in [1.165, 1.54) is 0 Å². The molecule has 1 atom stereocenters. The maximum Gasteiger partial charge on any atom is 0.333 e. The van der Waals surface area contributed by atoms with Gasteiger partial charge in [-0.3, -0.25) is 0 Å². The van der Waals surface area contributed by atoms with Crippen LogP contribution in [0.5, 0.6) is 0 Å². The molecule has 0 fully saturated rings. The monoisotopic (exact) mass is 203 g/mol. The van der Waals surface area contributed by atoms with Crippen LogP contribution in [0.15, 0.2) is 42.5 Å². The van der Waals surface area contributed by atoms with Gasteiger partial charge >= 0.3 is 5.97 Å². The highest BCUT2D eigenvalue weighted by Gasteiger charge is 2.14. The lowest BCUT2D eigenvalue weighted by Crippen LogP contribution is -2.11. The second-order valence-corrected chi connectivity index (χ2v) is 3.37. The first-order chi connectivity index (χ1) is 7.15. The summed E-state index contributed by atoms with van der Waals surface area (Å²) >= 11 is 0. The van der Waals surface area contributed by atoms with Gasteiger partial charge in [-0.2, -0.15) is 0 Å². The molecular formula is C13H15O2. The highest BCUT2D eigenvalue weighted by Crippen LogP contribution is 2.21. The Morgan fingerprint density at radius 2 is 2.00 bits per heavy atom. The summed E-state index contributed by atoms with van der Waals surface area (Å²) in [5, 5.41) is 0. The summed E-state index contributed by atoms with van der Waals surface area (Å²) in [6, 6.07) is 9.58. The molecule has 1 radical (unpaired) electrons. The van der Waals surface area contributed by atoms with Gasteiger partial charge in [0.15, 0.2) is 0 Å². The van der Waals surface area contributed by atoms with Crippen molar-refractivity contribution in [2.75, 3.05) is 0 Å². The quantitative estimate of drug-likeness (QED) is 0.555. The van der Waals surface area contributed by atoms with Crippen LogP contribution in [-0.4, -0.2) is 5.97 Å². The summed E-state index contributed by atoms with van der Waals surface area (Å²) in [5.74, 6) is -0.368. The van der Waals surface area contributed by atoms with E-state index in [9.17, 15) is 4.79 Å². The third-order valence-corrected chi connectivity index (χ3v) is 2.03. The molecule has 1 aromatic rings. The molecule has 0 saturated carbocycles. The van der Waals surface area contributed by atoms with E-state index in [1.807, 2.05) is 30.3 Å². The predicted molar refractivity (Wildman–Crippen MR) is 60.1 cm³/mol. The molecule has 0 bridgehead atoms. The number of esters is 1. The minimum atomic E-state index is -0.368. The molecule has 0 aliphatic carbocycles. The van der Waals surface area contributed by atoms with E-state index in [2.05, 4.69) is 13.5 Å². The van der Waals surface area contributed by atoms with Gasteiger partial charge in [0.1, 0.15) is 6.10 Å². The molecular weight excluding hydrogens is 188 g/mol. The fraction of sp³-hybridized carbons (Fsp3) is 0.231. The number of hydrogen-bond donors (Lipinski definition) is 0. The molecule has 0 aliphatic heterocycles. The summed E-state index contributed by atoms with van der Waals surface area (Å²) in [7, 11) is 0. The molecule has 15 heavy (non-hydrogen) atoms. The topological polar surface area (TPSA) is 26.3 Å². The van der Waals surface area contributed by atoms with Crippen molar-refractivity contribution >= 4 is 5.97 Å². The Hall–Kier alpha value is -1.57. The van der Waals surface area contributed by atoms with Crippen molar-refractivity contribution in [2.45, 2.75) is 19.4 Å². The summed E-state index contributed by atoms with van der Waals surface area (Å²) in [6.07, 6.45) is 0.235. The van der Waals surface area contributed by atoms with Crippen LogP contribution < -0.4 is 0 Å². The molecule has 1 aromatic carbocycles. The zero-order valence-electron chi connectivity index (χ0n) is 8.90. The lowest BCUT2D eigenvalue weighted by molar-refractivity contribution is -0.144. The first kappa shape index (κ1) is 11.5. The Balaban J connectivity index is 2.73. The average Bonchev–Trinajstić information content (AvgIpc) is 2.26. The van der Waals surface area contributed by atoms with Crippen LogP contribution in [-0.2, 0) is 9.53 Å². The molecule has 0 N–H and O–H groups in total. The van der Waals surface area contributed by atoms with E-state index in [0.717, 1.165) is 5.56 Å². The summed E-state index contributed by atoms with van der Waals surface area (Å²) in [4.78, 5) is 11.3. The lowest BCUT2D eigenvalue weighted by atomic mass is 10.1. The van der Waals surface area contributed by atoms with E-state index < -0.39 is 0 Å². The van der Waals surface area contributed by atoms with Gasteiger partial charge in [-0.1, -0.05) is 36.9 Å². The van der Waals surface area contributed by atoms with Gasteiger partial charge in [0.2, 0.25) is 0 Å².